The monoisotopic (exact) mass is 578 g/mol. The number of nitrogens with zero attached hydrogens (tertiary/aromatic N) is 2. The number of anilines is 6. The van der Waals surface area contributed by atoms with Crippen LogP contribution >= 0.6 is 0 Å². The molecule has 0 saturated heterocycles. The summed E-state index contributed by atoms with van der Waals surface area (Å²) >= 11 is 0. The van der Waals surface area contributed by atoms with E-state index in [0.717, 1.165) is 39.7 Å². The number of aryl methyl sites for hydroxylation is 1. The van der Waals surface area contributed by atoms with E-state index in [1.807, 2.05) is 0 Å². The zero-order valence-corrected chi connectivity index (χ0v) is 25.3. The van der Waals surface area contributed by atoms with Crippen LogP contribution in [0.3, 0.4) is 0 Å². The van der Waals surface area contributed by atoms with Crippen molar-refractivity contribution in [1.82, 2.24) is 0 Å². The summed E-state index contributed by atoms with van der Waals surface area (Å²) in [6.07, 6.45) is 4.38. The Morgan fingerprint density at radius 3 is 1.36 bits per heavy atom. The molecule has 0 radical (unpaired) electrons. The van der Waals surface area contributed by atoms with Gasteiger partial charge in [-0.3, -0.25) is 0 Å². The van der Waals surface area contributed by atoms with Gasteiger partial charge in [0.05, 0.1) is 0 Å². The lowest BCUT2D eigenvalue weighted by atomic mass is 10.0. The second kappa shape index (κ2) is 12.8. The highest BCUT2D eigenvalue weighted by Crippen LogP contribution is 2.37. The maximum absolute atomic E-state index is 2.32. The summed E-state index contributed by atoms with van der Waals surface area (Å²) in [6, 6.07) is 62.4. The van der Waals surface area contributed by atoms with Crippen LogP contribution in [0, 0.1) is 6.92 Å². The highest BCUT2D eigenvalue weighted by Gasteiger charge is 2.13. The molecule has 0 aliphatic carbocycles. The molecule has 0 heterocycles. The van der Waals surface area contributed by atoms with Crippen molar-refractivity contribution in [2.45, 2.75) is 6.92 Å². The molecular formula is C43H34N2. The number of hydrogen-bond donors (Lipinski definition) is 0. The van der Waals surface area contributed by atoms with Crippen LogP contribution < -0.4 is 9.80 Å². The summed E-state index contributed by atoms with van der Waals surface area (Å²) < 4.78 is 0. The molecule has 2 heteroatoms. The first-order valence-electron chi connectivity index (χ1n) is 15.4. The van der Waals surface area contributed by atoms with E-state index in [1.54, 1.807) is 0 Å². The molecule has 7 rings (SSSR count). The van der Waals surface area contributed by atoms with Crippen molar-refractivity contribution in [3.8, 4) is 0 Å². The first-order valence-corrected chi connectivity index (χ1v) is 15.4. The molecule has 0 N–H and O–H groups in total. The lowest BCUT2D eigenvalue weighted by molar-refractivity contribution is 1.28. The van der Waals surface area contributed by atoms with Crippen molar-refractivity contribution >= 4 is 57.0 Å². The van der Waals surface area contributed by atoms with Gasteiger partial charge in [-0.15, -0.1) is 0 Å². The van der Waals surface area contributed by atoms with E-state index in [1.165, 1.54) is 21.9 Å². The van der Waals surface area contributed by atoms with E-state index in [-0.39, 0.29) is 0 Å². The van der Waals surface area contributed by atoms with E-state index in [4.69, 9.17) is 0 Å². The average Bonchev–Trinajstić information content (AvgIpc) is 3.10. The molecule has 0 bridgehead atoms. The molecule has 0 aliphatic heterocycles. The Hall–Kier alpha value is -5.86. The summed E-state index contributed by atoms with van der Waals surface area (Å²) in [5.41, 5.74) is 10.4. The van der Waals surface area contributed by atoms with E-state index >= 15 is 0 Å². The molecule has 0 spiro atoms. The Balaban J connectivity index is 1.14. The summed E-state index contributed by atoms with van der Waals surface area (Å²) in [5, 5.41) is 2.43. The molecule has 0 aliphatic rings. The van der Waals surface area contributed by atoms with Gasteiger partial charge in [0.15, 0.2) is 0 Å². The van der Waals surface area contributed by atoms with Gasteiger partial charge in [0.25, 0.3) is 0 Å². The van der Waals surface area contributed by atoms with Crippen LogP contribution in [0.1, 0.15) is 16.7 Å². The molecule has 0 aromatic heterocycles. The van der Waals surface area contributed by atoms with Gasteiger partial charge in [0.2, 0.25) is 0 Å². The normalized spacial score (nSPS) is 11.1. The highest BCUT2D eigenvalue weighted by atomic mass is 15.1. The molecule has 7 aromatic rings. The summed E-state index contributed by atoms with van der Waals surface area (Å²) in [5.74, 6) is 0. The predicted octanol–water partition coefficient (Wildman–Crippen LogP) is 12.3. The first kappa shape index (κ1) is 27.9. The maximum Gasteiger partial charge on any atom is 0.0468 e. The van der Waals surface area contributed by atoms with Crippen molar-refractivity contribution in [1.29, 1.82) is 0 Å². The zero-order valence-electron chi connectivity index (χ0n) is 25.3. The lowest BCUT2D eigenvalue weighted by Gasteiger charge is -2.26. The Morgan fingerprint density at radius 1 is 0.333 bits per heavy atom. The van der Waals surface area contributed by atoms with Gasteiger partial charge < -0.3 is 9.80 Å². The molecule has 0 amide bonds. The molecule has 7 aromatic carbocycles. The van der Waals surface area contributed by atoms with E-state index in [9.17, 15) is 0 Å². The Kier molecular flexibility index (Phi) is 7.94. The molecule has 216 valence electrons. The second-order valence-corrected chi connectivity index (χ2v) is 11.2. The van der Waals surface area contributed by atoms with Crippen molar-refractivity contribution < 1.29 is 0 Å². The number of hydrogen-bond acceptors (Lipinski definition) is 2. The van der Waals surface area contributed by atoms with Gasteiger partial charge in [-0.05, 0) is 113 Å². The number of fused-ring (bicyclic) bond motifs is 1. The SMILES string of the molecule is Cc1cccc(N(c2ccccc2)c2ccc3cc(/C=C/c4ccc(N(c5ccccc5)c5ccccc5)cc4)ccc3c2)c1. The lowest BCUT2D eigenvalue weighted by Crippen LogP contribution is -2.09. The van der Waals surface area contributed by atoms with Crippen molar-refractivity contribution in [2.24, 2.45) is 0 Å². The van der Waals surface area contributed by atoms with Crippen LogP contribution in [0.25, 0.3) is 22.9 Å². The minimum absolute atomic E-state index is 1.13. The fraction of sp³-hybridized carbons (Fsp3) is 0.0233. The van der Waals surface area contributed by atoms with Gasteiger partial charge in [0.1, 0.15) is 0 Å². The summed E-state index contributed by atoms with van der Waals surface area (Å²) in [4.78, 5) is 4.60. The molecule has 0 saturated carbocycles. The van der Waals surface area contributed by atoms with Crippen LogP contribution in [-0.4, -0.2) is 0 Å². The molecule has 0 unspecified atom stereocenters. The smallest absolute Gasteiger partial charge is 0.0468 e. The number of rotatable bonds is 8. The van der Waals surface area contributed by atoms with E-state index < -0.39 is 0 Å². The van der Waals surface area contributed by atoms with Crippen LogP contribution in [0.2, 0.25) is 0 Å². The molecular weight excluding hydrogens is 544 g/mol. The minimum Gasteiger partial charge on any atom is -0.311 e. The highest BCUT2D eigenvalue weighted by molar-refractivity contribution is 5.91. The largest absolute Gasteiger partial charge is 0.311 e. The Morgan fingerprint density at radius 2 is 0.756 bits per heavy atom. The van der Waals surface area contributed by atoms with Gasteiger partial charge in [-0.2, -0.15) is 0 Å². The standard InChI is InChI=1S/C43H34N2/c1-33-12-11-19-42(30-33)45(40-17-9-4-10-18-40)43-29-26-36-31-35(22-25-37(36)32-43)21-20-34-23-27-41(28-24-34)44(38-13-5-2-6-14-38)39-15-7-3-8-16-39/h2-32H,1H3/b21-20+. The van der Waals surface area contributed by atoms with Crippen LogP contribution in [0.15, 0.2) is 176 Å². The van der Waals surface area contributed by atoms with Crippen molar-refractivity contribution in [3.63, 3.8) is 0 Å². The first-order chi connectivity index (χ1) is 22.2. The molecule has 0 fully saturated rings. The summed E-state index contributed by atoms with van der Waals surface area (Å²) in [7, 11) is 0. The third kappa shape index (κ3) is 6.27. The van der Waals surface area contributed by atoms with E-state index in [2.05, 4.69) is 205 Å². The summed E-state index contributed by atoms with van der Waals surface area (Å²) in [6.45, 7) is 2.14. The average molecular weight is 579 g/mol. The Bertz CT molecular complexity index is 2010. The molecule has 45 heavy (non-hydrogen) atoms. The van der Waals surface area contributed by atoms with Gasteiger partial charge in [0, 0.05) is 34.1 Å². The van der Waals surface area contributed by atoms with Gasteiger partial charge in [-0.25, -0.2) is 0 Å². The fourth-order valence-electron chi connectivity index (χ4n) is 5.81. The zero-order chi connectivity index (χ0) is 30.4. The van der Waals surface area contributed by atoms with Crippen molar-refractivity contribution in [3.05, 3.63) is 193 Å². The minimum atomic E-state index is 1.13. The number of para-hydroxylation sites is 3. The van der Waals surface area contributed by atoms with Crippen LogP contribution in [-0.2, 0) is 0 Å². The fourth-order valence-corrected chi connectivity index (χ4v) is 5.81. The third-order valence-electron chi connectivity index (χ3n) is 8.03. The maximum atomic E-state index is 2.32. The predicted molar refractivity (Wildman–Crippen MR) is 193 cm³/mol. The topological polar surface area (TPSA) is 6.48 Å². The second-order valence-electron chi connectivity index (χ2n) is 11.2. The van der Waals surface area contributed by atoms with Crippen LogP contribution in [0.4, 0.5) is 34.1 Å². The number of benzene rings is 7. The third-order valence-corrected chi connectivity index (χ3v) is 8.03. The van der Waals surface area contributed by atoms with Crippen molar-refractivity contribution in [2.75, 3.05) is 9.80 Å². The van der Waals surface area contributed by atoms with Crippen LogP contribution in [0.5, 0.6) is 0 Å². The van der Waals surface area contributed by atoms with E-state index in [0.29, 0.717) is 0 Å². The molecule has 0 atom stereocenters. The Labute approximate surface area is 265 Å². The molecule has 2 nitrogen and oxygen atoms in total. The quantitative estimate of drug-likeness (QED) is 0.166. The van der Waals surface area contributed by atoms with Gasteiger partial charge in [-0.1, -0.05) is 109 Å². The van der Waals surface area contributed by atoms with Gasteiger partial charge >= 0.3 is 0 Å².